The Morgan fingerprint density at radius 1 is 1.75 bits per heavy atom. The van der Waals surface area contributed by atoms with Gasteiger partial charge < -0.3 is 0 Å². The summed E-state index contributed by atoms with van der Waals surface area (Å²) in [6.45, 7) is 4.41. The van der Waals surface area contributed by atoms with Crippen LogP contribution in [0.4, 0.5) is 0 Å². The molecule has 1 aliphatic heterocycles. The molecule has 0 radical (unpaired) electrons. The highest BCUT2D eigenvalue weighted by atomic mass is 32.2. The maximum absolute atomic E-state index is 5.39. The second-order valence-electron chi connectivity index (χ2n) is 3.27. The summed E-state index contributed by atoms with van der Waals surface area (Å²) in [6, 6.07) is 0.909. The number of rotatable bonds is 3. The van der Waals surface area contributed by atoms with Gasteiger partial charge >= 0.3 is 0 Å². The molecule has 0 saturated carbocycles. The average Bonchev–Trinajstić information content (AvgIpc) is 2.47. The van der Waals surface area contributed by atoms with Crippen LogP contribution in [-0.2, 0) is 0 Å². The molecule has 12 heavy (non-hydrogen) atoms. The lowest BCUT2D eigenvalue weighted by Crippen LogP contribution is -2.40. The van der Waals surface area contributed by atoms with E-state index in [9.17, 15) is 0 Å². The van der Waals surface area contributed by atoms with Gasteiger partial charge in [0, 0.05) is 11.3 Å². The van der Waals surface area contributed by atoms with Crippen molar-refractivity contribution in [2.45, 2.75) is 44.0 Å². The zero-order valence-electron chi connectivity index (χ0n) is 7.84. The van der Waals surface area contributed by atoms with E-state index in [1.165, 1.54) is 12.2 Å². The molecule has 1 aliphatic rings. The van der Waals surface area contributed by atoms with Gasteiger partial charge in [-0.1, -0.05) is 19.8 Å². The third-order valence-electron chi connectivity index (χ3n) is 2.40. The number of thioether (sulfide) groups is 1. The first kappa shape index (κ1) is 9.95. The van der Waals surface area contributed by atoms with E-state index in [0.29, 0.717) is 6.04 Å². The fourth-order valence-corrected chi connectivity index (χ4v) is 2.70. The first-order valence-corrected chi connectivity index (χ1v) is 5.66. The average molecular weight is 183 g/mol. The summed E-state index contributed by atoms with van der Waals surface area (Å²) in [7, 11) is 0. The Morgan fingerprint density at radius 3 is 2.92 bits per heavy atom. The monoisotopic (exact) mass is 183 g/mol. The summed E-state index contributed by atoms with van der Waals surface area (Å²) < 4.78 is 0. The Kier molecular flexibility index (Phi) is 3.97. The molecule has 0 aromatic rings. The molecule has 0 spiro atoms. The molecule has 68 valence electrons. The zero-order valence-corrected chi connectivity index (χ0v) is 8.66. The molecule has 1 N–H and O–H groups in total. The molecule has 0 aromatic carbocycles. The van der Waals surface area contributed by atoms with E-state index in [0.717, 1.165) is 11.7 Å². The van der Waals surface area contributed by atoms with E-state index in [-0.39, 0.29) is 6.04 Å². The van der Waals surface area contributed by atoms with Crippen molar-refractivity contribution >= 4 is 11.8 Å². The van der Waals surface area contributed by atoms with Crippen molar-refractivity contribution in [2.75, 3.05) is 5.75 Å². The van der Waals surface area contributed by atoms with Crippen molar-refractivity contribution in [2.24, 2.45) is 0 Å². The van der Waals surface area contributed by atoms with E-state index in [1.807, 2.05) is 11.8 Å². The predicted octanol–water partition coefficient (Wildman–Crippen LogP) is 1.88. The fourth-order valence-electron chi connectivity index (χ4n) is 1.49. The predicted molar refractivity (Wildman–Crippen MR) is 56.4 cm³/mol. The van der Waals surface area contributed by atoms with Crippen LogP contribution in [0.5, 0.6) is 0 Å². The van der Waals surface area contributed by atoms with Crippen molar-refractivity contribution in [1.82, 2.24) is 5.32 Å². The van der Waals surface area contributed by atoms with Gasteiger partial charge in [-0.25, -0.2) is 0 Å². The van der Waals surface area contributed by atoms with E-state index >= 15 is 0 Å². The number of hydrogen-bond acceptors (Lipinski definition) is 2. The topological polar surface area (TPSA) is 12.0 Å². The van der Waals surface area contributed by atoms with Crippen molar-refractivity contribution in [3.05, 3.63) is 0 Å². The quantitative estimate of drug-likeness (QED) is 0.671. The number of nitrogens with one attached hydrogen (secondary N) is 1. The second kappa shape index (κ2) is 4.79. The summed E-state index contributed by atoms with van der Waals surface area (Å²) >= 11 is 2.04. The molecule has 0 aromatic heterocycles. The van der Waals surface area contributed by atoms with Crippen LogP contribution in [0.3, 0.4) is 0 Å². The van der Waals surface area contributed by atoms with Gasteiger partial charge in [-0.05, 0) is 18.6 Å². The van der Waals surface area contributed by atoms with Crippen LogP contribution < -0.4 is 5.32 Å². The van der Waals surface area contributed by atoms with Crippen LogP contribution in [0, 0.1) is 12.3 Å². The molecule has 1 heterocycles. The molecule has 3 atom stereocenters. The summed E-state index contributed by atoms with van der Waals surface area (Å²) in [4.78, 5) is 0. The highest BCUT2D eigenvalue weighted by molar-refractivity contribution is 8.00. The van der Waals surface area contributed by atoms with Crippen LogP contribution in [0.1, 0.15) is 26.7 Å². The fraction of sp³-hybridized carbons (Fsp3) is 0.800. The zero-order chi connectivity index (χ0) is 8.97. The van der Waals surface area contributed by atoms with Gasteiger partial charge in [-0.15, -0.1) is 6.42 Å². The van der Waals surface area contributed by atoms with Crippen LogP contribution in [-0.4, -0.2) is 23.1 Å². The van der Waals surface area contributed by atoms with Crippen LogP contribution in [0.25, 0.3) is 0 Å². The molecule has 1 nitrogen and oxygen atoms in total. The highest BCUT2D eigenvalue weighted by Crippen LogP contribution is 2.26. The molecular weight excluding hydrogens is 166 g/mol. The van der Waals surface area contributed by atoms with E-state index in [1.54, 1.807) is 0 Å². The van der Waals surface area contributed by atoms with Gasteiger partial charge in [0.1, 0.15) is 0 Å². The van der Waals surface area contributed by atoms with Crippen molar-refractivity contribution in [3.63, 3.8) is 0 Å². The minimum atomic E-state index is 0.274. The summed E-state index contributed by atoms with van der Waals surface area (Å²) in [5.74, 6) is 4.06. The van der Waals surface area contributed by atoms with Gasteiger partial charge in [0.15, 0.2) is 0 Å². The molecular formula is C10H17NS. The molecule has 0 bridgehead atoms. The normalized spacial score (nSPS) is 31.4. The van der Waals surface area contributed by atoms with E-state index in [4.69, 9.17) is 6.42 Å². The van der Waals surface area contributed by atoms with Gasteiger partial charge in [0.05, 0.1) is 6.04 Å². The van der Waals surface area contributed by atoms with Gasteiger partial charge in [0.25, 0.3) is 0 Å². The molecule has 1 saturated heterocycles. The van der Waals surface area contributed by atoms with Crippen LogP contribution in [0.2, 0.25) is 0 Å². The van der Waals surface area contributed by atoms with Crippen molar-refractivity contribution in [3.8, 4) is 12.3 Å². The van der Waals surface area contributed by atoms with Crippen molar-refractivity contribution < 1.29 is 0 Å². The minimum Gasteiger partial charge on any atom is -0.300 e. The lowest BCUT2D eigenvalue weighted by Gasteiger charge is -2.20. The first-order valence-electron chi connectivity index (χ1n) is 4.61. The molecule has 0 amide bonds. The summed E-state index contributed by atoms with van der Waals surface area (Å²) in [6.07, 6.45) is 7.69. The molecule has 2 heteroatoms. The first-order chi connectivity index (χ1) is 5.77. The Hall–Kier alpha value is -0.130. The Balaban J connectivity index is 2.34. The Morgan fingerprint density at radius 2 is 2.50 bits per heavy atom. The lowest BCUT2D eigenvalue weighted by atomic mass is 10.1. The van der Waals surface area contributed by atoms with E-state index < -0.39 is 0 Å². The van der Waals surface area contributed by atoms with E-state index in [2.05, 4.69) is 25.1 Å². The molecule has 0 aliphatic carbocycles. The van der Waals surface area contributed by atoms with Gasteiger partial charge in [-0.3, -0.25) is 5.32 Å². The smallest absolute Gasteiger partial charge is 0.0686 e. The summed E-state index contributed by atoms with van der Waals surface area (Å²) in [5.41, 5.74) is 0. The molecule has 3 unspecified atom stereocenters. The van der Waals surface area contributed by atoms with Crippen molar-refractivity contribution in [1.29, 1.82) is 0 Å². The standard InChI is InChI=1S/C10H17NS/c1-4-9(5-2)11-10-6-7-12-8(10)3/h1,8-11H,5-7H2,2-3H3. The van der Waals surface area contributed by atoms with Crippen LogP contribution >= 0.6 is 11.8 Å². The minimum absolute atomic E-state index is 0.274. The highest BCUT2D eigenvalue weighted by Gasteiger charge is 2.24. The maximum Gasteiger partial charge on any atom is 0.0686 e. The lowest BCUT2D eigenvalue weighted by molar-refractivity contribution is 0.469. The second-order valence-corrected chi connectivity index (χ2v) is 4.75. The van der Waals surface area contributed by atoms with Gasteiger partial charge in [0.2, 0.25) is 0 Å². The molecule has 1 rings (SSSR count). The van der Waals surface area contributed by atoms with Gasteiger partial charge in [-0.2, -0.15) is 11.8 Å². The Bertz CT molecular complexity index is 173. The molecule has 1 fully saturated rings. The summed E-state index contributed by atoms with van der Waals surface area (Å²) in [5, 5.41) is 4.24. The number of terminal acetylenes is 1. The maximum atomic E-state index is 5.39. The SMILES string of the molecule is C#CC(CC)NC1CCSC1C. The van der Waals surface area contributed by atoms with Crippen LogP contribution in [0.15, 0.2) is 0 Å². The number of hydrogen-bond donors (Lipinski definition) is 1. The third kappa shape index (κ3) is 2.43. The third-order valence-corrected chi connectivity index (χ3v) is 3.73. The Labute approximate surface area is 79.7 Å². The largest absolute Gasteiger partial charge is 0.300 e.